The van der Waals surface area contributed by atoms with E-state index in [2.05, 4.69) is 5.16 Å². The van der Waals surface area contributed by atoms with Gasteiger partial charge in [-0.1, -0.05) is 11.2 Å². The lowest BCUT2D eigenvalue weighted by atomic mass is 10.00. The topological polar surface area (TPSA) is 71.4 Å². The second-order valence-electron chi connectivity index (χ2n) is 7.63. The predicted octanol–water partition coefficient (Wildman–Crippen LogP) is 1.92. The molecule has 0 aliphatic carbocycles. The maximum Gasteiger partial charge on any atom is 0.272 e. The maximum absolute atomic E-state index is 12.9. The van der Waals surface area contributed by atoms with Crippen LogP contribution in [0.1, 0.15) is 37.0 Å². The summed E-state index contributed by atoms with van der Waals surface area (Å²) in [6.45, 7) is 6.36. The van der Waals surface area contributed by atoms with E-state index in [1.165, 1.54) is 0 Å². The van der Waals surface area contributed by atoms with Crippen LogP contribution in [0.15, 0.2) is 29.4 Å². The first-order chi connectivity index (χ1) is 13.0. The highest BCUT2D eigenvalue weighted by molar-refractivity contribution is 6.40. The molecule has 144 valence electrons. The van der Waals surface area contributed by atoms with Crippen LogP contribution in [0, 0.1) is 5.92 Å². The number of hydrogen-bond acceptors (Lipinski definition) is 5. The Bertz CT molecular complexity index is 770. The summed E-state index contributed by atoms with van der Waals surface area (Å²) in [5, 5.41) is 4.05. The van der Waals surface area contributed by atoms with Crippen molar-refractivity contribution in [2.24, 2.45) is 11.1 Å². The number of rotatable bonds is 4. The lowest BCUT2D eigenvalue weighted by molar-refractivity contribution is -0.123. The number of carbonyl (C=O) groups is 2. The van der Waals surface area contributed by atoms with Crippen molar-refractivity contribution in [1.82, 2.24) is 9.80 Å². The average molecular weight is 371 g/mol. The van der Waals surface area contributed by atoms with Gasteiger partial charge in [0.05, 0.1) is 18.6 Å². The van der Waals surface area contributed by atoms with Crippen molar-refractivity contribution in [2.75, 3.05) is 26.2 Å². The SMILES string of the molecule is CC(C)Oc1cccc(C(=O)N2C[C@@H]3C(C(=O)N4CCCC4)=NO[C@@H]3C2)c1. The minimum Gasteiger partial charge on any atom is -0.491 e. The van der Waals surface area contributed by atoms with Crippen molar-refractivity contribution in [3.63, 3.8) is 0 Å². The molecule has 27 heavy (non-hydrogen) atoms. The van der Waals surface area contributed by atoms with Crippen molar-refractivity contribution >= 4 is 17.5 Å². The van der Waals surface area contributed by atoms with Gasteiger partial charge in [0.25, 0.3) is 11.8 Å². The zero-order valence-electron chi connectivity index (χ0n) is 15.8. The van der Waals surface area contributed by atoms with Crippen molar-refractivity contribution < 1.29 is 19.2 Å². The third-order valence-corrected chi connectivity index (χ3v) is 5.26. The van der Waals surface area contributed by atoms with Gasteiger partial charge in [0.1, 0.15) is 5.75 Å². The van der Waals surface area contributed by atoms with Crippen LogP contribution >= 0.6 is 0 Å². The van der Waals surface area contributed by atoms with Crippen LogP contribution in [0.3, 0.4) is 0 Å². The standard InChI is InChI=1S/C20H25N3O4/c1-13(2)26-15-7-5-6-14(10-15)19(24)23-11-16-17(12-23)27-21-18(16)20(25)22-8-3-4-9-22/h5-7,10,13,16-17H,3-4,8-9,11-12H2,1-2H3/t16-,17+/m0/s1. The minimum atomic E-state index is -0.231. The van der Waals surface area contributed by atoms with Gasteiger partial charge >= 0.3 is 0 Å². The van der Waals surface area contributed by atoms with Crippen LogP contribution in [0.5, 0.6) is 5.75 Å². The quantitative estimate of drug-likeness (QED) is 0.811. The average Bonchev–Trinajstić information content (AvgIpc) is 3.37. The Morgan fingerprint density at radius 1 is 1.15 bits per heavy atom. The highest BCUT2D eigenvalue weighted by Crippen LogP contribution is 2.30. The maximum atomic E-state index is 12.9. The summed E-state index contributed by atoms with van der Waals surface area (Å²) in [4.78, 5) is 34.7. The van der Waals surface area contributed by atoms with E-state index in [9.17, 15) is 9.59 Å². The van der Waals surface area contributed by atoms with E-state index in [4.69, 9.17) is 9.57 Å². The van der Waals surface area contributed by atoms with E-state index >= 15 is 0 Å². The Kier molecular flexibility index (Phi) is 4.76. The highest BCUT2D eigenvalue weighted by atomic mass is 16.6. The van der Waals surface area contributed by atoms with Gasteiger partial charge < -0.3 is 19.4 Å². The molecule has 4 rings (SSSR count). The van der Waals surface area contributed by atoms with Gasteiger partial charge in [-0.05, 0) is 44.9 Å². The van der Waals surface area contributed by atoms with Crippen molar-refractivity contribution in [3.8, 4) is 5.75 Å². The molecule has 3 aliphatic rings. The zero-order valence-corrected chi connectivity index (χ0v) is 15.8. The van der Waals surface area contributed by atoms with Crippen LogP contribution in [0.2, 0.25) is 0 Å². The van der Waals surface area contributed by atoms with E-state index in [1.807, 2.05) is 30.9 Å². The second-order valence-corrected chi connectivity index (χ2v) is 7.63. The molecule has 3 heterocycles. The molecule has 0 spiro atoms. The van der Waals surface area contributed by atoms with E-state index < -0.39 is 0 Å². The van der Waals surface area contributed by atoms with Gasteiger partial charge in [-0.15, -0.1) is 0 Å². The van der Waals surface area contributed by atoms with Crippen molar-refractivity contribution in [1.29, 1.82) is 0 Å². The summed E-state index contributed by atoms with van der Waals surface area (Å²) >= 11 is 0. The molecule has 0 aromatic heterocycles. The third kappa shape index (κ3) is 3.50. The molecule has 0 saturated carbocycles. The first-order valence-electron chi connectivity index (χ1n) is 9.62. The van der Waals surface area contributed by atoms with Gasteiger partial charge in [-0.25, -0.2) is 0 Å². The van der Waals surface area contributed by atoms with Crippen LogP contribution in [0.4, 0.5) is 0 Å². The normalized spacial score (nSPS) is 24.0. The largest absolute Gasteiger partial charge is 0.491 e. The van der Waals surface area contributed by atoms with E-state index in [0.717, 1.165) is 25.9 Å². The monoisotopic (exact) mass is 371 g/mol. The summed E-state index contributed by atoms with van der Waals surface area (Å²) in [6.07, 6.45) is 1.89. The fourth-order valence-electron chi connectivity index (χ4n) is 3.94. The van der Waals surface area contributed by atoms with Crippen LogP contribution < -0.4 is 4.74 Å². The molecule has 2 fully saturated rings. The molecule has 7 heteroatoms. The molecule has 2 atom stereocenters. The summed E-state index contributed by atoms with van der Waals surface area (Å²) in [6, 6.07) is 7.22. The van der Waals surface area contributed by atoms with Gasteiger partial charge in [-0.2, -0.15) is 0 Å². The summed E-state index contributed by atoms with van der Waals surface area (Å²) < 4.78 is 5.68. The van der Waals surface area contributed by atoms with Gasteiger partial charge in [0, 0.05) is 25.2 Å². The number of carbonyl (C=O) groups excluding carboxylic acids is 2. The molecule has 1 aromatic carbocycles. The summed E-state index contributed by atoms with van der Waals surface area (Å²) in [5.74, 6) is 0.423. The Balaban J connectivity index is 1.44. The van der Waals surface area contributed by atoms with Crippen LogP contribution in [-0.2, 0) is 9.63 Å². The Labute approximate surface area is 158 Å². The molecule has 0 bridgehead atoms. The number of hydrogen-bond donors (Lipinski definition) is 0. The molecule has 2 saturated heterocycles. The molecule has 3 aliphatic heterocycles. The van der Waals surface area contributed by atoms with Gasteiger partial charge in [0.15, 0.2) is 11.8 Å². The third-order valence-electron chi connectivity index (χ3n) is 5.26. The van der Waals surface area contributed by atoms with Crippen molar-refractivity contribution in [2.45, 2.75) is 38.9 Å². The number of amides is 2. The number of likely N-dealkylation sites (tertiary alicyclic amines) is 2. The molecule has 2 amide bonds. The smallest absolute Gasteiger partial charge is 0.272 e. The lowest BCUT2D eigenvalue weighted by Gasteiger charge is -2.19. The lowest BCUT2D eigenvalue weighted by Crippen LogP contribution is -2.39. The predicted molar refractivity (Wildman–Crippen MR) is 99.7 cm³/mol. The first kappa shape index (κ1) is 17.8. The number of oxime groups is 1. The van der Waals surface area contributed by atoms with Crippen LogP contribution in [-0.4, -0.2) is 65.7 Å². The number of nitrogens with zero attached hydrogens (tertiary/aromatic N) is 3. The summed E-state index contributed by atoms with van der Waals surface area (Å²) in [5.41, 5.74) is 1.05. The molecule has 0 N–H and O–H groups in total. The molecule has 7 nitrogen and oxygen atoms in total. The number of benzene rings is 1. The molecule has 0 unspecified atom stereocenters. The fraction of sp³-hybridized carbons (Fsp3) is 0.550. The minimum absolute atomic E-state index is 0.0402. The van der Waals surface area contributed by atoms with Crippen molar-refractivity contribution in [3.05, 3.63) is 29.8 Å². The highest BCUT2D eigenvalue weighted by Gasteiger charge is 2.47. The Morgan fingerprint density at radius 2 is 1.93 bits per heavy atom. The molecular weight excluding hydrogens is 346 g/mol. The zero-order chi connectivity index (χ0) is 19.0. The summed E-state index contributed by atoms with van der Waals surface area (Å²) in [7, 11) is 0. The Hall–Kier alpha value is -2.57. The number of ether oxygens (including phenoxy) is 1. The van der Waals surface area contributed by atoms with Crippen LogP contribution in [0.25, 0.3) is 0 Å². The van der Waals surface area contributed by atoms with Gasteiger partial charge in [0.2, 0.25) is 0 Å². The molecule has 0 radical (unpaired) electrons. The number of fused-ring (bicyclic) bond motifs is 1. The fourth-order valence-corrected chi connectivity index (χ4v) is 3.94. The second kappa shape index (κ2) is 7.21. The van der Waals surface area contributed by atoms with Gasteiger partial charge in [-0.3, -0.25) is 9.59 Å². The first-order valence-corrected chi connectivity index (χ1v) is 9.62. The molecular formula is C20H25N3O4. The van der Waals surface area contributed by atoms with E-state index in [1.54, 1.807) is 17.0 Å². The van der Waals surface area contributed by atoms with E-state index in [0.29, 0.717) is 30.1 Å². The molecule has 1 aromatic rings. The van der Waals surface area contributed by atoms with E-state index in [-0.39, 0.29) is 29.9 Å². The Morgan fingerprint density at radius 3 is 2.67 bits per heavy atom.